The topological polar surface area (TPSA) is 31.4 Å². The van der Waals surface area contributed by atoms with Crippen molar-refractivity contribution in [2.75, 3.05) is 38.1 Å². The second kappa shape index (κ2) is 9.39. The Bertz CT molecular complexity index is 714. The van der Waals surface area contributed by atoms with Crippen molar-refractivity contribution in [1.29, 1.82) is 0 Å². The molecule has 1 fully saturated rings. The van der Waals surface area contributed by atoms with Crippen LogP contribution in [0.4, 0.5) is 19.0 Å². The third kappa shape index (κ3) is 5.82. The third-order valence-corrected chi connectivity index (χ3v) is 4.60. The number of likely N-dealkylation sites (N-methyl/N-ethyl adjacent to an activating group) is 1. The number of hydrogen-bond donors (Lipinski definition) is 1. The van der Waals surface area contributed by atoms with Crippen molar-refractivity contribution in [3.05, 3.63) is 59.3 Å². The lowest BCUT2D eigenvalue weighted by Gasteiger charge is -2.34. The van der Waals surface area contributed by atoms with Gasteiger partial charge in [-0.05, 0) is 30.8 Å². The molecule has 148 valence electrons. The summed E-state index contributed by atoms with van der Waals surface area (Å²) in [7, 11) is 2.11. The van der Waals surface area contributed by atoms with E-state index in [1.165, 1.54) is 12.1 Å². The summed E-state index contributed by atoms with van der Waals surface area (Å²) >= 11 is 0. The number of alkyl halides is 3. The van der Waals surface area contributed by atoms with Crippen molar-refractivity contribution in [3.63, 3.8) is 0 Å². The number of nitrogens with zero attached hydrogens (tertiary/aromatic N) is 3. The number of rotatable bonds is 5. The molecule has 0 bridgehead atoms. The number of aromatic nitrogens is 1. The fourth-order valence-electron chi connectivity index (χ4n) is 3.02. The number of anilines is 1. The Kier molecular flexibility index (Phi) is 7.47. The van der Waals surface area contributed by atoms with E-state index in [-0.39, 0.29) is 12.4 Å². The smallest absolute Gasteiger partial charge is 0.354 e. The first kappa shape index (κ1) is 21.5. The predicted molar refractivity (Wildman–Crippen MR) is 103 cm³/mol. The first-order valence-corrected chi connectivity index (χ1v) is 8.68. The molecule has 2 aromatic rings. The highest BCUT2D eigenvalue weighted by Crippen LogP contribution is 2.29. The molecule has 0 atom stereocenters. The van der Waals surface area contributed by atoms with Crippen LogP contribution in [-0.2, 0) is 19.3 Å². The fraction of sp³-hybridized carbons (Fsp3) is 0.421. The van der Waals surface area contributed by atoms with Crippen LogP contribution in [0.3, 0.4) is 0 Å². The Morgan fingerprint density at radius 3 is 2.30 bits per heavy atom. The molecule has 0 aliphatic carbocycles. The molecule has 1 aromatic carbocycles. The number of piperazine rings is 1. The van der Waals surface area contributed by atoms with E-state index in [9.17, 15) is 13.2 Å². The lowest BCUT2D eigenvalue weighted by Crippen LogP contribution is -2.45. The van der Waals surface area contributed by atoms with E-state index in [1.807, 2.05) is 12.1 Å². The normalized spacial score (nSPS) is 15.5. The van der Waals surface area contributed by atoms with E-state index in [0.717, 1.165) is 55.3 Å². The second-order valence-electron chi connectivity index (χ2n) is 6.57. The molecular weight excluding hydrogens is 377 g/mol. The zero-order valence-electron chi connectivity index (χ0n) is 15.2. The molecule has 1 saturated heterocycles. The molecule has 1 aliphatic heterocycles. The van der Waals surface area contributed by atoms with Gasteiger partial charge >= 0.3 is 6.18 Å². The molecule has 0 unspecified atom stereocenters. The summed E-state index contributed by atoms with van der Waals surface area (Å²) in [6.07, 6.45) is -2.49. The van der Waals surface area contributed by atoms with Crippen LogP contribution in [0.5, 0.6) is 0 Å². The molecule has 1 aliphatic rings. The molecule has 8 heteroatoms. The number of halogens is 4. The minimum absolute atomic E-state index is 0. The highest BCUT2D eigenvalue weighted by Gasteiger charge is 2.29. The highest BCUT2D eigenvalue weighted by atomic mass is 35.5. The zero-order chi connectivity index (χ0) is 18.6. The summed E-state index contributed by atoms with van der Waals surface area (Å²) in [5, 5.41) is 3.31. The van der Waals surface area contributed by atoms with Crippen molar-refractivity contribution in [2.24, 2.45) is 0 Å². The van der Waals surface area contributed by atoms with Crippen LogP contribution in [0.15, 0.2) is 42.6 Å². The molecule has 0 radical (unpaired) electrons. The Morgan fingerprint density at radius 2 is 1.67 bits per heavy atom. The Hall–Kier alpha value is -1.83. The van der Waals surface area contributed by atoms with Gasteiger partial charge in [-0.2, -0.15) is 13.2 Å². The van der Waals surface area contributed by atoms with Crippen LogP contribution >= 0.6 is 12.4 Å². The minimum Gasteiger partial charge on any atom is -0.354 e. The first-order chi connectivity index (χ1) is 12.4. The number of hydrogen-bond acceptors (Lipinski definition) is 4. The van der Waals surface area contributed by atoms with Gasteiger partial charge in [-0.25, -0.2) is 4.98 Å². The van der Waals surface area contributed by atoms with E-state index in [1.54, 1.807) is 6.20 Å². The summed E-state index contributed by atoms with van der Waals surface area (Å²) in [4.78, 5) is 9.11. The molecule has 0 spiro atoms. The monoisotopic (exact) mass is 400 g/mol. The summed E-state index contributed by atoms with van der Waals surface area (Å²) in [5.41, 5.74) is 1.30. The first-order valence-electron chi connectivity index (χ1n) is 8.68. The zero-order valence-corrected chi connectivity index (χ0v) is 16.0. The summed E-state index contributed by atoms with van der Waals surface area (Å²) < 4.78 is 37.8. The molecular formula is C19H24ClF3N4. The number of benzene rings is 1. The average molecular weight is 401 g/mol. The van der Waals surface area contributed by atoms with Crippen LogP contribution in [0.2, 0.25) is 0 Å². The van der Waals surface area contributed by atoms with Crippen LogP contribution in [0.25, 0.3) is 0 Å². The van der Waals surface area contributed by atoms with Crippen LogP contribution in [-0.4, -0.2) is 43.1 Å². The quantitative estimate of drug-likeness (QED) is 0.831. The van der Waals surface area contributed by atoms with Gasteiger partial charge < -0.3 is 15.1 Å². The summed E-state index contributed by atoms with van der Waals surface area (Å²) in [6, 6.07) is 9.23. The maximum absolute atomic E-state index is 12.6. The van der Waals surface area contributed by atoms with Crippen LogP contribution in [0, 0.1) is 0 Å². The van der Waals surface area contributed by atoms with Gasteiger partial charge in [0.2, 0.25) is 0 Å². The largest absolute Gasteiger partial charge is 0.416 e. The lowest BCUT2D eigenvalue weighted by molar-refractivity contribution is -0.137. The molecule has 3 rings (SSSR count). The summed E-state index contributed by atoms with van der Waals surface area (Å²) in [5.74, 6) is 0.987. The van der Waals surface area contributed by atoms with Gasteiger partial charge in [0.1, 0.15) is 5.82 Å². The van der Waals surface area contributed by atoms with E-state index >= 15 is 0 Å². The van der Waals surface area contributed by atoms with Crippen molar-refractivity contribution in [2.45, 2.75) is 19.3 Å². The third-order valence-electron chi connectivity index (χ3n) is 4.60. The van der Waals surface area contributed by atoms with Gasteiger partial charge in [0, 0.05) is 51.0 Å². The van der Waals surface area contributed by atoms with E-state index in [2.05, 4.69) is 27.1 Å². The Morgan fingerprint density at radius 1 is 1.00 bits per heavy atom. The molecule has 27 heavy (non-hydrogen) atoms. The molecule has 1 aromatic heterocycles. The van der Waals surface area contributed by atoms with Gasteiger partial charge in [0.15, 0.2) is 0 Å². The maximum Gasteiger partial charge on any atom is 0.416 e. The Labute approximate surface area is 163 Å². The van der Waals surface area contributed by atoms with Crippen molar-refractivity contribution in [3.8, 4) is 0 Å². The molecule has 2 heterocycles. The second-order valence-corrected chi connectivity index (χ2v) is 6.57. The SMILES string of the molecule is CN1CCN(c2ncccc2CNCc2ccc(C(F)(F)F)cc2)CC1.Cl. The molecule has 0 saturated carbocycles. The number of pyridine rings is 1. The fourth-order valence-corrected chi connectivity index (χ4v) is 3.02. The van der Waals surface area contributed by atoms with Crippen LogP contribution in [0.1, 0.15) is 16.7 Å². The van der Waals surface area contributed by atoms with E-state index in [0.29, 0.717) is 13.1 Å². The van der Waals surface area contributed by atoms with E-state index < -0.39 is 11.7 Å². The maximum atomic E-state index is 12.6. The van der Waals surface area contributed by atoms with Gasteiger partial charge in [0.05, 0.1) is 5.56 Å². The van der Waals surface area contributed by atoms with Gasteiger partial charge in [0.25, 0.3) is 0 Å². The van der Waals surface area contributed by atoms with Crippen molar-refractivity contribution in [1.82, 2.24) is 15.2 Å². The highest BCUT2D eigenvalue weighted by molar-refractivity contribution is 5.85. The Balaban J connectivity index is 0.00000261. The lowest BCUT2D eigenvalue weighted by atomic mass is 10.1. The van der Waals surface area contributed by atoms with Gasteiger partial charge in [-0.3, -0.25) is 0 Å². The van der Waals surface area contributed by atoms with Gasteiger partial charge in [-0.1, -0.05) is 18.2 Å². The predicted octanol–water partition coefficient (Wildman–Crippen LogP) is 3.56. The minimum atomic E-state index is -4.29. The van der Waals surface area contributed by atoms with Crippen molar-refractivity contribution < 1.29 is 13.2 Å². The summed E-state index contributed by atoms with van der Waals surface area (Å²) in [6.45, 7) is 5.04. The van der Waals surface area contributed by atoms with E-state index in [4.69, 9.17) is 0 Å². The van der Waals surface area contributed by atoms with Crippen molar-refractivity contribution >= 4 is 18.2 Å². The van der Waals surface area contributed by atoms with Crippen LogP contribution < -0.4 is 10.2 Å². The molecule has 1 N–H and O–H groups in total. The average Bonchev–Trinajstić information content (AvgIpc) is 2.63. The standard InChI is InChI=1S/C19H23F3N4.ClH/c1-25-9-11-26(12-10-25)18-16(3-2-8-24-18)14-23-13-15-4-6-17(7-5-15)19(20,21)22;/h2-8,23H,9-14H2,1H3;1H. The molecule has 0 amide bonds. The van der Waals surface area contributed by atoms with Gasteiger partial charge in [-0.15, -0.1) is 12.4 Å². The number of nitrogens with one attached hydrogen (secondary N) is 1. The molecule has 4 nitrogen and oxygen atoms in total.